The van der Waals surface area contributed by atoms with E-state index >= 15 is 0 Å². The smallest absolute Gasteiger partial charge is 0.221 e. The fraction of sp³-hybridized carbons (Fsp3) is 0.250. The van der Waals surface area contributed by atoms with Gasteiger partial charge < -0.3 is 0 Å². The number of rotatable bonds is 1. The Bertz CT molecular complexity index is 759. The zero-order valence-electron chi connectivity index (χ0n) is 10.7. The van der Waals surface area contributed by atoms with Gasteiger partial charge in [0.15, 0.2) is 5.65 Å². The van der Waals surface area contributed by atoms with Gasteiger partial charge in [0.25, 0.3) is 5.95 Å². The predicted octanol–water partition coefficient (Wildman–Crippen LogP) is 2.18. The van der Waals surface area contributed by atoms with Crippen molar-refractivity contribution >= 4 is 22.6 Å². The van der Waals surface area contributed by atoms with E-state index in [2.05, 4.69) is 25.0 Å². The summed E-state index contributed by atoms with van der Waals surface area (Å²) in [6, 6.07) is 1.91. The van der Waals surface area contributed by atoms with Crippen LogP contribution in [0.2, 0.25) is 5.15 Å². The maximum absolute atomic E-state index is 6.08. The van der Waals surface area contributed by atoms with Gasteiger partial charge in [0, 0.05) is 11.4 Å². The molecule has 0 atom stereocenters. The summed E-state index contributed by atoms with van der Waals surface area (Å²) >= 11 is 6.08. The summed E-state index contributed by atoms with van der Waals surface area (Å²) in [5.41, 5.74) is 2.37. The molecule has 0 radical (unpaired) electrons. The molecule has 0 unspecified atom stereocenters. The molecule has 0 saturated heterocycles. The van der Waals surface area contributed by atoms with Gasteiger partial charge in [-0.1, -0.05) is 11.6 Å². The molecule has 0 aliphatic carbocycles. The third kappa shape index (κ3) is 2.04. The summed E-state index contributed by atoms with van der Waals surface area (Å²) in [5.74, 6) is 1.07. The third-order valence-electron chi connectivity index (χ3n) is 2.65. The summed E-state index contributed by atoms with van der Waals surface area (Å²) in [4.78, 5) is 17.2. The molecule has 0 saturated carbocycles. The van der Waals surface area contributed by atoms with E-state index in [1.165, 1.54) is 0 Å². The molecule has 19 heavy (non-hydrogen) atoms. The number of fused-ring (bicyclic) bond motifs is 1. The molecule has 0 aliphatic rings. The number of halogens is 1. The van der Waals surface area contributed by atoms with E-state index in [0.717, 1.165) is 11.4 Å². The van der Waals surface area contributed by atoms with Gasteiger partial charge in [-0.3, -0.25) is 0 Å². The van der Waals surface area contributed by atoms with E-state index in [0.29, 0.717) is 28.0 Å². The second-order valence-corrected chi connectivity index (χ2v) is 4.66. The van der Waals surface area contributed by atoms with Crippen LogP contribution in [-0.2, 0) is 0 Å². The molecule has 3 rings (SSSR count). The van der Waals surface area contributed by atoms with E-state index < -0.39 is 0 Å². The molecule has 0 spiro atoms. The molecule has 0 bridgehead atoms. The molecule has 3 aromatic heterocycles. The highest BCUT2D eigenvalue weighted by Gasteiger charge is 2.13. The fourth-order valence-corrected chi connectivity index (χ4v) is 2.18. The molecule has 0 aromatic carbocycles. The molecular formula is C12H11ClN6. The maximum atomic E-state index is 6.08. The van der Waals surface area contributed by atoms with Gasteiger partial charge >= 0.3 is 0 Å². The van der Waals surface area contributed by atoms with E-state index in [4.69, 9.17) is 11.6 Å². The van der Waals surface area contributed by atoms with Crippen LogP contribution in [0.4, 0.5) is 0 Å². The number of aryl methyl sites for hydroxylation is 3. The average Bonchev–Trinajstić information content (AvgIpc) is 2.71. The van der Waals surface area contributed by atoms with Crippen molar-refractivity contribution in [2.75, 3.05) is 0 Å². The Balaban J connectivity index is 2.31. The molecule has 3 heterocycles. The van der Waals surface area contributed by atoms with E-state index in [1.807, 2.05) is 19.9 Å². The standard InChI is InChI=1S/C12H11ClN6/c1-6-4-7(2)16-12(15-6)19-11-9(5-14-19)10(13)17-8(3)18-11/h4-5H,1-3H3. The van der Waals surface area contributed by atoms with Crippen molar-refractivity contribution in [2.24, 2.45) is 0 Å². The van der Waals surface area contributed by atoms with Crippen molar-refractivity contribution in [1.82, 2.24) is 29.7 Å². The lowest BCUT2D eigenvalue weighted by Crippen LogP contribution is -2.06. The van der Waals surface area contributed by atoms with Crippen LogP contribution in [0, 0.1) is 20.8 Å². The monoisotopic (exact) mass is 274 g/mol. The van der Waals surface area contributed by atoms with Crippen LogP contribution in [0.5, 0.6) is 0 Å². The van der Waals surface area contributed by atoms with Crippen molar-refractivity contribution < 1.29 is 0 Å². The van der Waals surface area contributed by atoms with Crippen LogP contribution in [0.15, 0.2) is 12.3 Å². The molecule has 0 aliphatic heterocycles. The van der Waals surface area contributed by atoms with Crippen molar-refractivity contribution in [3.05, 3.63) is 34.6 Å². The highest BCUT2D eigenvalue weighted by Crippen LogP contribution is 2.21. The average molecular weight is 275 g/mol. The lowest BCUT2D eigenvalue weighted by molar-refractivity contribution is 0.805. The first-order valence-electron chi connectivity index (χ1n) is 5.75. The molecule has 6 nitrogen and oxygen atoms in total. The van der Waals surface area contributed by atoms with Gasteiger partial charge in [-0.05, 0) is 26.8 Å². The highest BCUT2D eigenvalue weighted by atomic mass is 35.5. The van der Waals surface area contributed by atoms with Crippen LogP contribution in [0.1, 0.15) is 17.2 Å². The quantitative estimate of drug-likeness (QED) is 0.636. The molecule has 3 aromatic rings. The zero-order valence-corrected chi connectivity index (χ0v) is 11.5. The summed E-state index contributed by atoms with van der Waals surface area (Å²) in [6.45, 7) is 5.61. The van der Waals surface area contributed by atoms with Crippen LogP contribution in [0.3, 0.4) is 0 Å². The van der Waals surface area contributed by atoms with Gasteiger partial charge in [0.1, 0.15) is 11.0 Å². The van der Waals surface area contributed by atoms with Crippen molar-refractivity contribution in [3.63, 3.8) is 0 Å². The third-order valence-corrected chi connectivity index (χ3v) is 2.94. The van der Waals surface area contributed by atoms with Crippen molar-refractivity contribution in [1.29, 1.82) is 0 Å². The minimum Gasteiger partial charge on any atom is -0.221 e. The second kappa shape index (κ2) is 4.24. The first-order chi connectivity index (χ1) is 9.04. The normalized spacial score (nSPS) is 11.2. The largest absolute Gasteiger partial charge is 0.252 e. The van der Waals surface area contributed by atoms with Crippen molar-refractivity contribution in [2.45, 2.75) is 20.8 Å². The highest BCUT2D eigenvalue weighted by molar-refractivity contribution is 6.33. The van der Waals surface area contributed by atoms with Crippen LogP contribution in [-0.4, -0.2) is 29.7 Å². The number of hydrogen-bond acceptors (Lipinski definition) is 5. The zero-order chi connectivity index (χ0) is 13.6. The topological polar surface area (TPSA) is 69.4 Å². The van der Waals surface area contributed by atoms with Gasteiger partial charge in [-0.25, -0.2) is 19.9 Å². The molecule has 0 fully saturated rings. The summed E-state index contributed by atoms with van der Waals surface area (Å²) < 4.78 is 1.58. The Morgan fingerprint density at radius 1 is 1.00 bits per heavy atom. The Hall–Kier alpha value is -2.08. The predicted molar refractivity (Wildman–Crippen MR) is 71.5 cm³/mol. The fourth-order valence-electron chi connectivity index (χ4n) is 1.92. The Morgan fingerprint density at radius 3 is 2.37 bits per heavy atom. The summed E-state index contributed by atoms with van der Waals surface area (Å²) in [5, 5.41) is 5.33. The minimum atomic E-state index is 0.387. The summed E-state index contributed by atoms with van der Waals surface area (Å²) in [7, 11) is 0. The minimum absolute atomic E-state index is 0.387. The SMILES string of the molecule is Cc1cc(C)nc(-n2ncc3c(Cl)nc(C)nc32)n1. The Morgan fingerprint density at radius 2 is 1.68 bits per heavy atom. The van der Waals surface area contributed by atoms with Gasteiger partial charge in [0.05, 0.1) is 11.6 Å². The van der Waals surface area contributed by atoms with Gasteiger partial charge in [0.2, 0.25) is 0 Å². The molecular weight excluding hydrogens is 264 g/mol. The van der Waals surface area contributed by atoms with Crippen LogP contribution < -0.4 is 0 Å². The second-order valence-electron chi connectivity index (χ2n) is 4.31. The number of hydrogen-bond donors (Lipinski definition) is 0. The van der Waals surface area contributed by atoms with Gasteiger partial charge in [-0.2, -0.15) is 9.78 Å². The molecule has 0 amide bonds. The van der Waals surface area contributed by atoms with E-state index in [9.17, 15) is 0 Å². The molecule has 96 valence electrons. The Kier molecular flexibility index (Phi) is 2.67. The number of aromatic nitrogens is 6. The lowest BCUT2D eigenvalue weighted by atomic mass is 10.4. The maximum Gasteiger partial charge on any atom is 0.252 e. The Labute approximate surface area is 114 Å². The molecule has 0 N–H and O–H groups in total. The van der Waals surface area contributed by atoms with Crippen LogP contribution >= 0.6 is 11.6 Å². The molecule has 7 heteroatoms. The lowest BCUT2D eigenvalue weighted by Gasteiger charge is -2.04. The summed E-state index contributed by atoms with van der Waals surface area (Å²) in [6.07, 6.45) is 1.62. The first kappa shape index (κ1) is 12.0. The van der Waals surface area contributed by atoms with Gasteiger partial charge in [-0.15, -0.1) is 0 Å². The van der Waals surface area contributed by atoms with Crippen molar-refractivity contribution in [3.8, 4) is 5.95 Å². The number of nitrogens with zero attached hydrogens (tertiary/aromatic N) is 6. The van der Waals surface area contributed by atoms with E-state index in [1.54, 1.807) is 17.8 Å². The van der Waals surface area contributed by atoms with Crippen LogP contribution in [0.25, 0.3) is 17.0 Å². The first-order valence-corrected chi connectivity index (χ1v) is 6.13. The van der Waals surface area contributed by atoms with E-state index in [-0.39, 0.29) is 0 Å².